The SMILES string of the molecule is CC1CCC(C(=O)N(CCC(=O)N2CCOCC2)c2cc(C#CC(C)(C)C)sc2C(=O)O)CC1. The van der Waals surface area contributed by atoms with E-state index in [4.69, 9.17) is 4.74 Å². The van der Waals surface area contributed by atoms with E-state index in [2.05, 4.69) is 18.8 Å². The summed E-state index contributed by atoms with van der Waals surface area (Å²) in [5.41, 5.74) is 0.126. The minimum atomic E-state index is -1.08. The summed E-state index contributed by atoms with van der Waals surface area (Å²) in [6, 6.07) is 1.70. The fourth-order valence-electron chi connectivity index (χ4n) is 4.30. The highest BCUT2D eigenvalue weighted by molar-refractivity contribution is 7.15. The van der Waals surface area contributed by atoms with E-state index in [0.29, 0.717) is 42.8 Å². The molecule has 0 radical (unpaired) electrons. The lowest BCUT2D eigenvalue weighted by Gasteiger charge is -2.32. The van der Waals surface area contributed by atoms with E-state index in [1.807, 2.05) is 20.8 Å². The largest absolute Gasteiger partial charge is 0.477 e. The summed E-state index contributed by atoms with van der Waals surface area (Å²) in [5, 5.41) is 9.90. The van der Waals surface area contributed by atoms with E-state index in [9.17, 15) is 19.5 Å². The molecule has 2 heterocycles. The number of amides is 2. The van der Waals surface area contributed by atoms with Gasteiger partial charge in [0.1, 0.15) is 4.88 Å². The van der Waals surface area contributed by atoms with Gasteiger partial charge in [-0.1, -0.05) is 18.8 Å². The molecule has 0 atom stereocenters. The molecule has 1 aromatic heterocycles. The summed E-state index contributed by atoms with van der Waals surface area (Å²) in [6.45, 7) is 10.4. The van der Waals surface area contributed by atoms with Crippen LogP contribution in [0.4, 0.5) is 5.69 Å². The molecule has 0 aromatic carbocycles. The lowest BCUT2D eigenvalue weighted by molar-refractivity contribution is -0.135. The Morgan fingerprint density at radius 3 is 2.41 bits per heavy atom. The van der Waals surface area contributed by atoms with Crippen molar-refractivity contribution in [2.45, 2.75) is 59.8 Å². The molecule has 7 nitrogen and oxygen atoms in total. The number of morpholine rings is 1. The maximum Gasteiger partial charge on any atom is 0.348 e. The number of rotatable bonds is 6. The normalized spacial score (nSPS) is 20.9. The number of nitrogens with zero attached hydrogens (tertiary/aromatic N) is 2. The Kier molecular flexibility index (Phi) is 8.78. The van der Waals surface area contributed by atoms with Crippen LogP contribution in [-0.4, -0.2) is 60.6 Å². The number of carboxylic acid groups (broad SMARTS) is 1. The van der Waals surface area contributed by atoms with Crippen molar-refractivity contribution in [1.29, 1.82) is 0 Å². The average Bonchev–Trinajstić information content (AvgIpc) is 3.23. The summed E-state index contributed by atoms with van der Waals surface area (Å²) in [7, 11) is 0. The van der Waals surface area contributed by atoms with Gasteiger partial charge in [0.05, 0.1) is 23.8 Å². The Morgan fingerprint density at radius 2 is 1.82 bits per heavy atom. The number of anilines is 1. The summed E-state index contributed by atoms with van der Waals surface area (Å²) >= 11 is 1.08. The van der Waals surface area contributed by atoms with Crippen molar-refractivity contribution < 1.29 is 24.2 Å². The van der Waals surface area contributed by atoms with Crippen LogP contribution in [0.3, 0.4) is 0 Å². The van der Waals surface area contributed by atoms with E-state index in [1.165, 1.54) is 0 Å². The first kappa shape index (κ1) is 26.2. The molecule has 3 rings (SSSR count). The molecule has 0 unspecified atom stereocenters. The first-order valence-corrected chi connectivity index (χ1v) is 12.9. The highest BCUT2D eigenvalue weighted by atomic mass is 32.1. The van der Waals surface area contributed by atoms with Gasteiger partial charge in [-0.15, -0.1) is 11.3 Å². The van der Waals surface area contributed by atoms with E-state index >= 15 is 0 Å². The van der Waals surface area contributed by atoms with Crippen molar-refractivity contribution >= 4 is 34.8 Å². The minimum Gasteiger partial charge on any atom is -0.477 e. The van der Waals surface area contributed by atoms with Gasteiger partial charge in [0.15, 0.2) is 0 Å². The number of carbonyl (C=O) groups is 3. The molecule has 1 aliphatic heterocycles. The second-order valence-electron chi connectivity index (χ2n) is 10.3. The minimum absolute atomic E-state index is 0.0433. The first-order valence-electron chi connectivity index (χ1n) is 12.1. The van der Waals surface area contributed by atoms with Gasteiger partial charge in [-0.25, -0.2) is 4.79 Å². The molecule has 2 aliphatic rings. The third-order valence-electron chi connectivity index (χ3n) is 6.30. The van der Waals surface area contributed by atoms with E-state index < -0.39 is 5.97 Å². The van der Waals surface area contributed by atoms with Crippen molar-refractivity contribution in [3.8, 4) is 11.8 Å². The second kappa shape index (κ2) is 11.4. The average molecular weight is 489 g/mol. The lowest BCUT2D eigenvalue weighted by Crippen LogP contribution is -2.44. The first-order chi connectivity index (χ1) is 16.0. The van der Waals surface area contributed by atoms with Crippen LogP contribution < -0.4 is 4.90 Å². The van der Waals surface area contributed by atoms with Gasteiger partial charge in [0.2, 0.25) is 11.8 Å². The van der Waals surface area contributed by atoms with Gasteiger partial charge in [-0.2, -0.15) is 0 Å². The molecule has 2 amide bonds. The van der Waals surface area contributed by atoms with Crippen molar-refractivity contribution in [1.82, 2.24) is 4.90 Å². The molecule has 1 aliphatic carbocycles. The molecule has 186 valence electrons. The number of hydrogen-bond donors (Lipinski definition) is 1. The van der Waals surface area contributed by atoms with Crippen LogP contribution in [0.2, 0.25) is 0 Å². The van der Waals surface area contributed by atoms with Crippen molar-refractivity contribution in [3.63, 3.8) is 0 Å². The molecule has 8 heteroatoms. The molecule has 2 fully saturated rings. The van der Waals surface area contributed by atoms with Gasteiger partial charge >= 0.3 is 5.97 Å². The van der Waals surface area contributed by atoms with Gasteiger partial charge in [0, 0.05) is 37.4 Å². The topological polar surface area (TPSA) is 87.2 Å². The molecular formula is C26H36N2O5S. The van der Waals surface area contributed by atoms with Crippen LogP contribution in [0.5, 0.6) is 0 Å². The highest BCUT2D eigenvalue weighted by Crippen LogP contribution is 2.35. The number of thiophene rings is 1. The van der Waals surface area contributed by atoms with E-state index in [-0.39, 0.29) is 41.0 Å². The highest BCUT2D eigenvalue weighted by Gasteiger charge is 2.32. The van der Waals surface area contributed by atoms with E-state index in [1.54, 1.807) is 15.9 Å². The predicted octanol–water partition coefficient (Wildman–Crippen LogP) is 4.25. The zero-order valence-electron chi connectivity index (χ0n) is 20.7. The smallest absolute Gasteiger partial charge is 0.348 e. The predicted molar refractivity (Wildman–Crippen MR) is 133 cm³/mol. The van der Waals surface area contributed by atoms with Crippen LogP contribution in [-0.2, 0) is 14.3 Å². The molecule has 1 saturated heterocycles. The molecule has 1 N–H and O–H groups in total. The fourth-order valence-corrected chi connectivity index (χ4v) is 5.15. The van der Waals surface area contributed by atoms with Crippen molar-refractivity contribution in [2.24, 2.45) is 17.3 Å². The Bertz CT molecular complexity index is 954. The van der Waals surface area contributed by atoms with Gasteiger partial charge < -0.3 is 19.6 Å². The van der Waals surface area contributed by atoms with Crippen LogP contribution in [0.1, 0.15) is 74.3 Å². The Labute approximate surface area is 206 Å². The van der Waals surface area contributed by atoms with Crippen molar-refractivity contribution in [2.75, 3.05) is 37.7 Å². The monoisotopic (exact) mass is 488 g/mol. The third-order valence-corrected chi connectivity index (χ3v) is 7.33. The Hall–Kier alpha value is -2.37. The fraction of sp³-hybridized carbons (Fsp3) is 0.654. The zero-order valence-corrected chi connectivity index (χ0v) is 21.5. The number of aromatic carboxylic acids is 1. The standard InChI is InChI=1S/C26H36N2O5S/c1-18-5-7-19(8-6-18)24(30)28(12-10-22(29)27-13-15-33-16-14-27)21-17-20(9-11-26(2,3)4)34-23(21)25(31)32/h17-19H,5-8,10,12-16H2,1-4H3,(H,31,32). The maximum absolute atomic E-state index is 13.7. The Balaban J connectivity index is 1.89. The summed E-state index contributed by atoms with van der Waals surface area (Å²) < 4.78 is 5.33. The quantitative estimate of drug-likeness (QED) is 0.605. The number of ether oxygens (including phenoxy) is 1. The zero-order chi connectivity index (χ0) is 24.9. The summed E-state index contributed by atoms with van der Waals surface area (Å²) in [6.07, 6.45) is 3.68. The van der Waals surface area contributed by atoms with Gasteiger partial charge in [0.25, 0.3) is 0 Å². The molecule has 0 spiro atoms. The van der Waals surface area contributed by atoms with Crippen LogP contribution in [0, 0.1) is 29.1 Å². The lowest BCUT2D eigenvalue weighted by atomic mass is 9.82. The summed E-state index contributed by atoms with van der Waals surface area (Å²) in [4.78, 5) is 42.6. The van der Waals surface area contributed by atoms with Crippen LogP contribution >= 0.6 is 11.3 Å². The third kappa shape index (κ3) is 7.07. The Morgan fingerprint density at radius 1 is 1.18 bits per heavy atom. The van der Waals surface area contributed by atoms with Gasteiger partial charge in [-0.05, 0) is 58.4 Å². The summed E-state index contributed by atoms with van der Waals surface area (Å²) in [5.74, 6) is 5.44. The second-order valence-corrected chi connectivity index (χ2v) is 11.4. The van der Waals surface area contributed by atoms with Crippen molar-refractivity contribution in [3.05, 3.63) is 15.8 Å². The van der Waals surface area contributed by atoms with Crippen LogP contribution in [0.25, 0.3) is 0 Å². The molecule has 1 aromatic rings. The number of carbonyl (C=O) groups excluding carboxylic acids is 2. The molecule has 34 heavy (non-hydrogen) atoms. The maximum atomic E-state index is 13.7. The molecule has 0 bridgehead atoms. The van der Waals surface area contributed by atoms with Gasteiger partial charge in [-0.3, -0.25) is 9.59 Å². The molecular weight excluding hydrogens is 452 g/mol. The van der Waals surface area contributed by atoms with E-state index in [0.717, 1.165) is 37.0 Å². The number of hydrogen-bond acceptors (Lipinski definition) is 5. The molecule has 1 saturated carbocycles. The number of carboxylic acids is 1. The van der Waals surface area contributed by atoms with Crippen LogP contribution in [0.15, 0.2) is 6.07 Å².